The van der Waals surface area contributed by atoms with Crippen molar-refractivity contribution in [3.8, 4) is 0 Å². The second kappa shape index (κ2) is 8.79. The quantitative estimate of drug-likeness (QED) is 0.642. The Morgan fingerprint density at radius 2 is 1.87 bits per heavy atom. The molecule has 1 aliphatic rings. The van der Waals surface area contributed by atoms with Crippen LogP contribution in [-0.2, 0) is 11.3 Å². The molecule has 3 aromatic rings. The van der Waals surface area contributed by atoms with Gasteiger partial charge in [0.15, 0.2) is 0 Å². The average Bonchev–Trinajstić information content (AvgIpc) is 3.22. The van der Waals surface area contributed by atoms with E-state index in [-0.39, 0.29) is 23.8 Å². The van der Waals surface area contributed by atoms with Crippen LogP contribution in [0.5, 0.6) is 0 Å². The standard InChI is InChI=1S/C24H27FN4O/c1-18(20-8-10-22(25)11-9-20)29-17-26-14-23(29)15-27-12-13-28(19(2)30)24(16-27)21-6-4-3-5-7-21/h3-11,14,17-18,24H,12-13,15-16H2,1-2H3/t18-,24?/m1/s1. The maximum Gasteiger partial charge on any atom is 0.220 e. The summed E-state index contributed by atoms with van der Waals surface area (Å²) < 4.78 is 15.4. The summed E-state index contributed by atoms with van der Waals surface area (Å²) in [6.45, 7) is 6.79. The molecule has 5 nitrogen and oxygen atoms in total. The molecule has 1 unspecified atom stereocenters. The molecule has 2 atom stereocenters. The Hall–Kier alpha value is -2.99. The molecule has 1 saturated heterocycles. The Kier molecular flexibility index (Phi) is 5.95. The third-order valence-electron chi connectivity index (χ3n) is 5.95. The third kappa shape index (κ3) is 4.28. The van der Waals surface area contributed by atoms with Crippen molar-refractivity contribution in [1.29, 1.82) is 0 Å². The summed E-state index contributed by atoms with van der Waals surface area (Å²) in [6, 6.07) is 16.9. The molecule has 1 aliphatic heterocycles. The second-order valence-electron chi connectivity index (χ2n) is 7.89. The molecule has 0 saturated carbocycles. The van der Waals surface area contributed by atoms with E-state index in [0.29, 0.717) is 6.54 Å². The van der Waals surface area contributed by atoms with E-state index in [2.05, 4.69) is 33.5 Å². The molecule has 1 aromatic heterocycles. The van der Waals surface area contributed by atoms with Crippen molar-refractivity contribution >= 4 is 5.91 Å². The molecular weight excluding hydrogens is 379 g/mol. The average molecular weight is 407 g/mol. The number of halogens is 1. The van der Waals surface area contributed by atoms with Crippen molar-refractivity contribution in [3.63, 3.8) is 0 Å². The van der Waals surface area contributed by atoms with Crippen LogP contribution >= 0.6 is 0 Å². The molecule has 0 N–H and O–H groups in total. The SMILES string of the molecule is CC(=O)N1CCN(Cc2cncn2[C@H](C)c2ccc(F)cc2)CC1c1ccccc1. The number of carbonyl (C=O) groups excluding carboxylic acids is 1. The van der Waals surface area contributed by atoms with E-state index in [1.165, 1.54) is 12.1 Å². The van der Waals surface area contributed by atoms with Crippen LogP contribution in [0.1, 0.15) is 42.8 Å². The van der Waals surface area contributed by atoms with Gasteiger partial charge in [0.2, 0.25) is 5.91 Å². The monoisotopic (exact) mass is 406 g/mol. The number of imidazole rings is 1. The van der Waals surface area contributed by atoms with Gasteiger partial charge >= 0.3 is 0 Å². The number of hydrogen-bond acceptors (Lipinski definition) is 3. The highest BCUT2D eigenvalue weighted by molar-refractivity contribution is 5.74. The predicted molar refractivity (Wildman–Crippen MR) is 114 cm³/mol. The molecule has 2 aromatic carbocycles. The number of aromatic nitrogens is 2. The van der Waals surface area contributed by atoms with Crippen molar-refractivity contribution in [3.05, 3.63) is 89.8 Å². The van der Waals surface area contributed by atoms with E-state index < -0.39 is 0 Å². The maximum absolute atomic E-state index is 13.3. The van der Waals surface area contributed by atoms with Crippen LogP contribution in [0.25, 0.3) is 0 Å². The van der Waals surface area contributed by atoms with Crippen LogP contribution in [0.4, 0.5) is 4.39 Å². The molecule has 1 amide bonds. The summed E-state index contributed by atoms with van der Waals surface area (Å²) in [4.78, 5) is 20.9. The van der Waals surface area contributed by atoms with Crippen LogP contribution in [0.2, 0.25) is 0 Å². The largest absolute Gasteiger partial charge is 0.333 e. The summed E-state index contributed by atoms with van der Waals surface area (Å²) in [6.07, 6.45) is 3.73. The normalized spacial score (nSPS) is 18.4. The first-order chi connectivity index (χ1) is 14.5. The minimum atomic E-state index is -0.230. The van der Waals surface area contributed by atoms with E-state index in [1.54, 1.807) is 6.92 Å². The molecule has 30 heavy (non-hydrogen) atoms. The molecule has 156 valence electrons. The van der Waals surface area contributed by atoms with Gasteiger partial charge in [-0.15, -0.1) is 0 Å². The highest BCUT2D eigenvalue weighted by Crippen LogP contribution is 2.27. The fraction of sp³-hybridized carbons (Fsp3) is 0.333. The van der Waals surface area contributed by atoms with Crippen molar-refractivity contribution in [1.82, 2.24) is 19.4 Å². The Labute approximate surface area is 176 Å². The van der Waals surface area contributed by atoms with Crippen molar-refractivity contribution in [2.75, 3.05) is 19.6 Å². The second-order valence-corrected chi connectivity index (χ2v) is 7.89. The third-order valence-corrected chi connectivity index (χ3v) is 5.95. The first-order valence-electron chi connectivity index (χ1n) is 10.3. The predicted octanol–water partition coefficient (Wildman–Crippen LogP) is 4.04. The zero-order valence-electron chi connectivity index (χ0n) is 17.4. The lowest BCUT2D eigenvalue weighted by molar-refractivity contribution is -0.134. The topological polar surface area (TPSA) is 41.4 Å². The van der Waals surface area contributed by atoms with E-state index in [0.717, 1.165) is 36.5 Å². The minimum absolute atomic E-state index is 0.0448. The van der Waals surface area contributed by atoms with E-state index >= 15 is 0 Å². The maximum atomic E-state index is 13.3. The molecule has 1 fully saturated rings. The first kappa shape index (κ1) is 20.3. The number of piperazine rings is 1. The highest BCUT2D eigenvalue weighted by atomic mass is 19.1. The van der Waals surface area contributed by atoms with E-state index in [4.69, 9.17) is 0 Å². The summed E-state index contributed by atoms with van der Waals surface area (Å²) in [5.41, 5.74) is 3.31. The fourth-order valence-corrected chi connectivity index (χ4v) is 4.25. The molecule has 0 aliphatic carbocycles. The smallest absolute Gasteiger partial charge is 0.220 e. The van der Waals surface area contributed by atoms with Crippen LogP contribution in [0.3, 0.4) is 0 Å². The number of amides is 1. The molecule has 2 heterocycles. The van der Waals surface area contributed by atoms with Gasteiger partial charge in [0.1, 0.15) is 5.82 Å². The number of carbonyl (C=O) groups is 1. The minimum Gasteiger partial charge on any atom is -0.333 e. The summed E-state index contributed by atoms with van der Waals surface area (Å²) in [5.74, 6) is -0.120. The van der Waals surface area contributed by atoms with Gasteiger partial charge in [0.05, 0.1) is 24.1 Å². The van der Waals surface area contributed by atoms with Crippen LogP contribution in [0.15, 0.2) is 67.1 Å². The Balaban J connectivity index is 1.52. The van der Waals surface area contributed by atoms with Gasteiger partial charge < -0.3 is 9.47 Å². The molecule has 0 radical (unpaired) electrons. The molecule has 4 rings (SSSR count). The molecule has 6 heteroatoms. The van der Waals surface area contributed by atoms with Gasteiger partial charge in [-0.3, -0.25) is 9.69 Å². The van der Waals surface area contributed by atoms with Crippen molar-refractivity contribution < 1.29 is 9.18 Å². The Morgan fingerprint density at radius 1 is 1.13 bits per heavy atom. The Morgan fingerprint density at radius 3 is 2.57 bits per heavy atom. The lowest BCUT2D eigenvalue weighted by Crippen LogP contribution is -2.49. The van der Waals surface area contributed by atoms with Crippen molar-refractivity contribution in [2.45, 2.75) is 32.5 Å². The van der Waals surface area contributed by atoms with Gasteiger partial charge in [0.25, 0.3) is 0 Å². The number of rotatable bonds is 5. The van der Waals surface area contributed by atoms with Crippen LogP contribution in [-0.4, -0.2) is 44.9 Å². The van der Waals surface area contributed by atoms with Crippen LogP contribution in [0, 0.1) is 5.82 Å². The molecule has 0 spiro atoms. The Bertz CT molecular complexity index is 986. The van der Waals surface area contributed by atoms with Crippen LogP contribution < -0.4 is 0 Å². The summed E-state index contributed by atoms with van der Waals surface area (Å²) >= 11 is 0. The summed E-state index contributed by atoms with van der Waals surface area (Å²) in [5, 5.41) is 0. The van der Waals surface area contributed by atoms with E-state index in [1.807, 2.05) is 47.8 Å². The number of benzene rings is 2. The lowest BCUT2D eigenvalue weighted by Gasteiger charge is -2.41. The van der Waals surface area contributed by atoms with Gasteiger partial charge in [-0.25, -0.2) is 9.37 Å². The molecular formula is C24H27FN4O. The van der Waals surface area contributed by atoms with Gasteiger partial charge in [0, 0.05) is 39.3 Å². The zero-order valence-corrected chi connectivity index (χ0v) is 17.4. The zero-order chi connectivity index (χ0) is 21.1. The fourth-order valence-electron chi connectivity index (χ4n) is 4.25. The van der Waals surface area contributed by atoms with Crippen molar-refractivity contribution in [2.24, 2.45) is 0 Å². The highest BCUT2D eigenvalue weighted by Gasteiger charge is 2.30. The summed E-state index contributed by atoms with van der Waals surface area (Å²) in [7, 11) is 0. The molecule has 0 bridgehead atoms. The van der Waals surface area contributed by atoms with Gasteiger partial charge in [-0.1, -0.05) is 42.5 Å². The van der Waals surface area contributed by atoms with Gasteiger partial charge in [-0.2, -0.15) is 0 Å². The number of nitrogens with zero attached hydrogens (tertiary/aromatic N) is 4. The van der Waals surface area contributed by atoms with Gasteiger partial charge in [-0.05, 0) is 30.2 Å². The first-order valence-corrected chi connectivity index (χ1v) is 10.3. The van der Waals surface area contributed by atoms with E-state index in [9.17, 15) is 9.18 Å². The number of hydrogen-bond donors (Lipinski definition) is 0. The lowest BCUT2D eigenvalue weighted by atomic mass is 10.0.